The summed E-state index contributed by atoms with van der Waals surface area (Å²) in [5.74, 6) is -2.19. The Labute approximate surface area is 115 Å². The summed E-state index contributed by atoms with van der Waals surface area (Å²) in [6.07, 6.45) is 2.73. The molecule has 0 unspecified atom stereocenters. The molecule has 0 saturated heterocycles. The molecule has 0 bridgehead atoms. The normalized spacial score (nSPS) is 16.3. The Bertz CT molecular complexity index is 534. The number of carboxylic acids is 1. The molecule has 2 rings (SSSR count). The minimum absolute atomic E-state index is 0.0342. The zero-order valence-corrected chi connectivity index (χ0v) is 11.1. The average Bonchev–Trinajstić information content (AvgIpc) is 2.33. The van der Waals surface area contributed by atoms with Gasteiger partial charge < -0.3 is 15.2 Å². The van der Waals surface area contributed by atoms with E-state index in [9.17, 15) is 14.0 Å². The van der Waals surface area contributed by atoms with Crippen LogP contribution in [0.4, 0.5) is 10.1 Å². The van der Waals surface area contributed by atoms with E-state index in [1.54, 1.807) is 7.11 Å². The smallest absolute Gasteiger partial charge is 0.337 e. The summed E-state index contributed by atoms with van der Waals surface area (Å²) in [6.45, 7) is 0. The average molecular weight is 281 g/mol. The van der Waals surface area contributed by atoms with Crippen molar-refractivity contribution in [2.24, 2.45) is 0 Å². The van der Waals surface area contributed by atoms with Crippen LogP contribution >= 0.6 is 0 Å². The fraction of sp³-hybridized carbons (Fsp3) is 0.429. The molecule has 0 aromatic heterocycles. The van der Waals surface area contributed by atoms with E-state index in [1.807, 2.05) is 0 Å². The molecular formula is C14H16FNO4. The lowest BCUT2D eigenvalue weighted by atomic mass is 9.77. The van der Waals surface area contributed by atoms with Crippen LogP contribution in [0.1, 0.15) is 36.0 Å². The van der Waals surface area contributed by atoms with E-state index >= 15 is 0 Å². The van der Waals surface area contributed by atoms with Crippen LogP contribution in [0.5, 0.6) is 0 Å². The van der Waals surface area contributed by atoms with E-state index < -0.39 is 17.4 Å². The van der Waals surface area contributed by atoms with Crippen molar-refractivity contribution < 1.29 is 23.8 Å². The van der Waals surface area contributed by atoms with Crippen LogP contribution in [0.15, 0.2) is 18.2 Å². The van der Waals surface area contributed by atoms with Crippen molar-refractivity contribution >= 4 is 17.6 Å². The number of hydrogen-bond acceptors (Lipinski definition) is 3. The summed E-state index contributed by atoms with van der Waals surface area (Å²) in [6, 6.07) is 3.17. The van der Waals surface area contributed by atoms with Gasteiger partial charge in [-0.1, -0.05) is 0 Å². The molecule has 5 nitrogen and oxygen atoms in total. The number of carboxylic acid groups (broad SMARTS) is 1. The van der Waals surface area contributed by atoms with E-state index in [-0.39, 0.29) is 23.6 Å². The second-order valence-electron chi connectivity index (χ2n) is 4.96. The van der Waals surface area contributed by atoms with Crippen LogP contribution in [0.3, 0.4) is 0 Å². The third-order valence-electron chi connectivity index (χ3n) is 3.67. The molecule has 6 heteroatoms. The van der Waals surface area contributed by atoms with Crippen LogP contribution in [-0.2, 0) is 9.53 Å². The van der Waals surface area contributed by atoms with Gasteiger partial charge in [-0.3, -0.25) is 4.79 Å². The van der Waals surface area contributed by atoms with Crippen molar-refractivity contribution in [3.05, 3.63) is 29.6 Å². The predicted molar refractivity (Wildman–Crippen MR) is 70.2 cm³/mol. The molecule has 108 valence electrons. The standard InChI is InChI=1S/C14H16FNO4/c1-20-14(5-2-6-14)8-12(17)16-11-7-9(15)3-4-10(11)13(18)19/h3-4,7H,2,5-6,8H2,1H3,(H,16,17)(H,18,19). The highest BCUT2D eigenvalue weighted by molar-refractivity contribution is 6.00. The molecule has 1 aliphatic rings. The quantitative estimate of drug-likeness (QED) is 0.869. The molecule has 1 saturated carbocycles. The van der Waals surface area contributed by atoms with E-state index in [2.05, 4.69) is 5.32 Å². The summed E-state index contributed by atoms with van der Waals surface area (Å²) >= 11 is 0. The molecule has 1 aromatic rings. The minimum atomic E-state index is -1.22. The molecule has 1 amide bonds. The van der Waals surface area contributed by atoms with Gasteiger partial charge in [0, 0.05) is 7.11 Å². The maximum Gasteiger partial charge on any atom is 0.337 e. The number of methoxy groups -OCH3 is 1. The number of anilines is 1. The number of carbonyl (C=O) groups is 2. The first-order valence-corrected chi connectivity index (χ1v) is 6.34. The lowest BCUT2D eigenvalue weighted by molar-refractivity contribution is -0.129. The molecule has 0 radical (unpaired) electrons. The van der Waals surface area contributed by atoms with Gasteiger partial charge in [0.25, 0.3) is 0 Å². The monoisotopic (exact) mass is 281 g/mol. The van der Waals surface area contributed by atoms with Crippen molar-refractivity contribution in [1.82, 2.24) is 0 Å². The summed E-state index contributed by atoms with van der Waals surface area (Å²) in [4.78, 5) is 23.0. The van der Waals surface area contributed by atoms with Crippen molar-refractivity contribution in [1.29, 1.82) is 0 Å². The molecule has 1 aliphatic carbocycles. The van der Waals surface area contributed by atoms with Gasteiger partial charge >= 0.3 is 5.97 Å². The second kappa shape index (κ2) is 5.58. The minimum Gasteiger partial charge on any atom is -0.478 e. The fourth-order valence-corrected chi connectivity index (χ4v) is 2.32. The van der Waals surface area contributed by atoms with E-state index in [0.717, 1.165) is 37.5 Å². The Hall–Kier alpha value is -1.95. The largest absolute Gasteiger partial charge is 0.478 e. The van der Waals surface area contributed by atoms with Crippen LogP contribution in [0.2, 0.25) is 0 Å². The van der Waals surface area contributed by atoms with Gasteiger partial charge in [0.1, 0.15) is 5.82 Å². The van der Waals surface area contributed by atoms with Gasteiger partial charge in [0.05, 0.1) is 23.3 Å². The van der Waals surface area contributed by atoms with Crippen molar-refractivity contribution in [2.75, 3.05) is 12.4 Å². The second-order valence-corrected chi connectivity index (χ2v) is 4.96. The maximum atomic E-state index is 13.2. The molecular weight excluding hydrogens is 265 g/mol. The molecule has 2 N–H and O–H groups in total. The van der Waals surface area contributed by atoms with Crippen molar-refractivity contribution in [3.63, 3.8) is 0 Å². The van der Waals surface area contributed by atoms with Crippen LogP contribution < -0.4 is 5.32 Å². The molecule has 0 heterocycles. The number of nitrogens with one attached hydrogen (secondary N) is 1. The van der Waals surface area contributed by atoms with E-state index in [4.69, 9.17) is 9.84 Å². The molecule has 20 heavy (non-hydrogen) atoms. The van der Waals surface area contributed by atoms with E-state index in [1.165, 1.54) is 0 Å². The lowest BCUT2D eigenvalue weighted by Crippen LogP contribution is -2.42. The van der Waals surface area contributed by atoms with Gasteiger partial charge in [-0.25, -0.2) is 9.18 Å². The van der Waals surface area contributed by atoms with Gasteiger partial charge in [0.15, 0.2) is 0 Å². The number of hydrogen-bond donors (Lipinski definition) is 2. The van der Waals surface area contributed by atoms with Crippen molar-refractivity contribution in [2.45, 2.75) is 31.3 Å². The Morgan fingerprint density at radius 3 is 2.65 bits per heavy atom. The summed E-state index contributed by atoms with van der Waals surface area (Å²) in [5, 5.41) is 11.5. The molecule has 0 aliphatic heterocycles. The summed E-state index contributed by atoms with van der Waals surface area (Å²) < 4.78 is 18.5. The molecule has 1 fully saturated rings. The highest BCUT2D eigenvalue weighted by atomic mass is 19.1. The molecule has 0 atom stereocenters. The predicted octanol–water partition coefficient (Wildman–Crippen LogP) is 2.42. The van der Waals surface area contributed by atoms with Crippen LogP contribution in [-0.4, -0.2) is 29.7 Å². The van der Waals surface area contributed by atoms with Crippen LogP contribution in [0, 0.1) is 5.82 Å². The third-order valence-corrected chi connectivity index (χ3v) is 3.67. The number of aromatic carboxylic acids is 1. The zero-order valence-electron chi connectivity index (χ0n) is 11.1. The van der Waals surface area contributed by atoms with Crippen LogP contribution in [0.25, 0.3) is 0 Å². The molecule has 1 aromatic carbocycles. The first-order valence-electron chi connectivity index (χ1n) is 6.34. The highest BCUT2D eigenvalue weighted by Crippen LogP contribution is 2.38. The highest BCUT2D eigenvalue weighted by Gasteiger charge is 2.39. The first kappa shape index (κ1) is 14.5. The molecule has 0 spiro atoms. The fourth-order valence-electron chi connectivity index (χ4n) is 2.32. The zero-order chi connectivity index (χ0) is 14.8. The first-order chi connectivity index (χ1) is 9.46. The van der Waals surface area contributed by atoms with Gasteiger partial charge in [-0.15, -0.1) is 0 Å². The van der Waals surface area contributed by atoms with E-state index in [0.29, 0.717) is 0 Å². The van der Waals surface area contributed by atoms with Crippen molar-refractivity contribution in [3.8, 4) is 0 Å². The van der Waals surface area contributed by atoms with Gasteiger partial charge in [-0.2, -0.15) is 0 Å². The SMILES string of the molecule is COC1(CC(=O)Nc2cc(F)ccc2C(=O)O)CCC1. The Balaban J connectivity index is 2.11. The number of amides is 1. The number of rotatable bonds is 5. The Morgan fingerprint density at radius 2 is 2.15 bits per heavy atom. The third kappa shape index (κ3) is 2.96. The van der Waals surface area contributed by atoms with Gasteiger partial charge in [0.2, 0.25) is 5.91 Å². The number of halogens is 1. The maximum absolute atomic E-state index is 13.2. The topological polar surface area (TPSA) is 75.6 Å². The number of benzene rings is 1. The Kier molecular flexibility index (Phi) is 4.04. The Morgan fingerprint density at radius 1 is 1.45 bits per heavy atom. The number of carbonyl (C=O) groups excluding carboxylic acids is 1. The number of ether oxygens (including phenoxy) is 1. The summed E-state index contributed by atoms with van der Waals surface area (Å²) in [5.41, 5.74) is -0.631. The van der Waals surface area contributed by atoms with Gasteiger partial charge in [-0.05, 0) is 37.5 Å². The summed E-state index contributed by atoms with van der Waals surface area (Å²) in [7, 11) is 1.55. The lowest BCUT2D eigenvalue weighted by Gasteiger charge is -2.39.